The predicted molar refractivity (Wildman–Crippen MR) is 171 cm³/mol. The van der Waals surface area contributed by atoms with E-state index in [9.17, 15) is 9.90 Å². The summed E-state index contributed by atoms with van der Waals surface area (Å²) in [5.41, 5.74) is 4.21. The average molecular weight is 678 g/mol. The molecule has 0 saturated heterocycles. The third-order valence-electron chi connectivity index (χ3n) is 7.13. The molecule has 0 spiro atoms. The average Bonchev–Trinajstić information content (AvgIpc) is 3.82. The second-order valence-corrected chi connectivity index (χ2v) is 12.2. The lowest BCUT2D eigenvalue weighted by Crippen LogP contribution is -2.09. The van der Waals surface area contributed by atoms with Gasteiger partial charge >= 0.3 is 5.97 Å². The summed E-state index contributed by atoms with van der Waals surface area (Å²) in [7, 11) is 0. The fourth-order valence-electron chi connectivity index (χ4n) is 5.01. The summed E-state index contributed by atoms with van der Waals surface area (Å²) >= 11 is 12.0. The van der Waals surface area contributed by atoms with Gasteiger partial charge in [-0.25, -0.2) is 14.9 Å². The van der Waals surface area contributed by atoms with Crippen LogP contribution < -0.4 is 0 Å². The van der Waals surface area contributed by atoms with Crippen molar-refractivity contribution in [3.05, 3.63) is 97.1 Å². The quantitative estimate of drug-likeness (QED) is 0.133. The molecule has 0 amide bonds. The highest BCUT2D eigenvalue weighted by Gasteiger charge is 2.21. The number of nitrogens with zero attached hydrogens (tertiary/aromatic N) is 5. The smallest absolute Gasteiger partial charge is 0.332 e. The molecule has 0 radical (unpaired) electrons. The van der Waals surface area contributed by atoms with Crippen LogP contribution in [-0.2, 0) is 24.2 Å². The molecule has 6 rings (SSSR count). The van der Waals surface area contributed by atoms with Gasteiger partial charge in [0.1, 0.15) is 17.2 Å². The lowest BCUT2D eigenvalue weighted by molar-refractivity contribution is -0.132. The number of unbranched alkanes of at least 4 members (excludes halogenated alkanes) is 1. The molecule has 9 nitrogen and oxygen atoms in total. The molecule has 2 aromatic carbocycles. The molecule has 6 aromatic rings. The highest BCUT2D eigenvalue weighted by Crippen LogP contribution is 2.41. The van der Waals surface area contributed by atoms with Crippen LogP contribution in [0.1, 0.15) is 41.7 Å². The molecule has 4 aromatic heterocycles. The minimum atomic E-state index is -0.981. The monoisotopic (exact) mass is 676 g/mol. The zero-order chi connectivity index (χ0) is 29.9. The second kappa shape index (κ2) is 12.7. The molecule has 0 aliphatic rings. The molecule has 0 aliphatic carbocycles. The van der Waals surface area contributed by atoms with Crippen LogP contribution in [0.5, 0.6) is 0 Å². The molecule has 0 fully saturated rings. The van der Waals surface area contributed by atoms with Gasteiger partial charge in [0.15, 0.2) is 11.0 Å². The van der Waals surface area contributed by atoms with Crippen LogP contribution in [0.4, 0.5) is 0 Å². The van der Waals surface area contributed by atoms with E-state index < -0.39 is 5.97 Å². The standard InChI is InChI=1S/C31H26BrClN6O3S/c1-2-3-10-26-34-29(33)24(16-19(31(40)41)15-20-7-6-13-43-20)39(26)17-18-11-12-25-23(14-18)27(32)28(42-25)21-8-4-5-9-22(21)30-35-37-38-36-30/h4-9,11-14,16H,2-3,10,15,17H2,1H3,(H,40,41)(H,35,36,37,38)/b19-16+. The van der Waals surface area contributed by atoms with Crippen molar-refractivity contribution in [3.8, 4) is 22.7 Å². The number of aliphatic carboxylic acids is 1. The van der Waals surface area contributed by atoms with E-state index in [1.165, 1.54) is 11.3 Å². The number of carboxylic acid groups (broad SMARTS) is 1. The molecule has 0 bridgehead atoms. The van der Waals surface area contributed by atoms with Gasteiger partial charge in [0.2, 0.25) is 0 Å². The SMILES string of the molecule is CCCCc1nc(Cl)c(/C=C(\Cc2cccs2)C(=O)O)n1Cc1ccc2oc(-c3ccccc3-c3nnn[nH]3)c(Br)c2c1. The van der Waals surface area contributed by atoms with Crippen molar-refractivity contribution < 1.29 is 14.3 Å². The molecule has 0 unspecified atom stereocenters. The van der Waals surface area contributed by atoms with Crippen molar-refractivity contribution in [2.45, 2.75) is 39.2 Å². The van der Waals surface area contributed by atoms with E-state index >= 15 is 0 Å². The molecule has 12 heteroatoms. The summed E-state index contributed by atoms with van der Waals surface area (Å²) in [5, 5.41) is 27.5. The van der Waals surface area contributed by atoms with Crippen molar-refractivity contribution in [1.29, 1.82) is 0 Å². The third kappa shape index (κ3) is 6.06. The number of nitrogens with one attached hydrogen (secondary N) is 1. The predicted octanol–water partition coefficient (Wildman–Crippen LogP) is 8.06. The van der Waals surface area contributed by atoms with Gasteiger partial charge in [-0.05, 0) is 68.0 Å². The van der Waals surface area contributed by atoms with E-state index in [0.717, 1.165) is 62.1 Å². The van der Waals surface area contributed by atoms with E-state index in [2.05, 4.69) is 54.5 Å². The van der Waals surface area contributed by atoms with Crippen molar-refractivity contribution in [1.82, 2.24) is 30.2 Å². The number of carboxylic acids is 1. The van der Waals surface area contributed by atoms with Gasteiger partial charge in [0, 0.05) is 46.3 Å². The first-order valence-electron chi connectivity index (χ1n) is 13.7. The van der Waals surface area contributed by atoms with E-state index in [0.29, 0.717) is 35.4 Å². The highest BCUT2D eigenvalue weighted by molar-refractivity contribution is 9.10. The summed E-state index contributed by atoms with van der Waals surface area (Å²) in [6.07, 6.45) is 4.63. The maximum absolute atomic E-state index is 12.2. The molecular formula is C31H26BrClN6O3S. The number of fused-ring (bicyclic) bond motifs is 1. The Hall–Kier alpha value is -4.06. The van der Waals surface area contributed by atoms with Crippen LogP contribution in [0, 0.1) is 0 Å². The number of furan rings is 1. The fraction of sp³-hybridized carbons (Fsp3) is 0.194. The zero-order valence-electron chi connectivity index (χ0n) is 23.1. The summed E-state index contributed by atoms with van der Waals surface area (Å²) in [6.45, 7) is 2.58. The number of rotatable bonds is 11. The van der Waals surface area contributed by atoms with Crippen LogP contribution >= 0.6 is 38.9 Å². The second-order valence-electron chi connectivity index (χ2n) is 10.00. The maximum Gasteiger partial charge on any atom is 0.332 e. The number of thiophene rings is 1. The number of tetrazole rings is 1. The molecular weight excluding hydrogens is 652 g/mol. The minimum Gasteiger partial charge on any atom is -0.478 e. The summed E-state index contributed by atoms with van der Waals surface area (Å²) < 4.78 is 9.15. The van der Waals surface area contributed by atoms with Crippen LogP contribution in [-0.4, -0.2) is 41.3 Å². The van der Waals surface area contributed by atoms with Crippen molar-refractivity contribution in [3.63, 3.8) is 0 Å². The first kappa shape index (κ1) is 29.0. The largest absolute Gasteiger partial charge is 0.478 e. The highest BCUT2D eigenvalue weighted by atomic mass is 79.9. The van der Waals surface area contributed by atoms with Crippen LogP contribution in [0.3, 0.4) is 0 Å². The number of imidazole rings is 1. The fourth-order valence-corrected chi connectivity index (χ4v) is 6.59. The van der Waals surface area contributed by atoms with Gasteiger partial charge in [0.25, 0.3) is 0 Å². The molecule has 218 valence electrons. The van der Waals surface area contributed by atoms with Crippen LogP contribution in [0.15, 0.2) is 74.4 Å². The van der Waals surface area contributed by atoms with Crippen LogP contribution in [0.2, 0.25) is 5.15 Å². The van der Waals surface area contributed by atoms with E-state index in [1.54, 1.807) is 6.08 Å². The summed E-state index contributed by atoms with van der Waals surface area (Å²) in [6, 6.07) is 17.6. The lowest BCUT2D eigenvalue weighted by Gasteiger charge is -2.12. The van der Waals surface area contributed by atoms with Crippen molar-refractivity contribution in [2.24, 2.45) is 0 Å². The lowest BCUT2D eigenvalue weighted by atomic mass is 10.0. The van der Waals surface area contributed by atoms with E-state index in [1.807, 2.05) is 58.5 Å². The normalized spacial score (nSPS) is 11.9. The first-order valence-corrected chi connectivity index (χ1v) is 15.7. The van der Waals surface area contributed by atoms with Gasteiger partial charge in [-0.15, -0.1) is 16.4 Å². The number of aromatic amines is 1. The summed E-state index contributed by atoms with van der Waals surface area (Å²) in [5.74, 6) is 1.04. The molecule has 0 aliphatic heterocycles. The Morgan fingerprint density at radius 1 is 1.19 bits per heavy atom. The van der Waals surface area contributed by atoms with Crippen LogP contribution in [0.25, 0.3) is 39.8 Å². The number of H-pyrrole nitrogens is 1. The molecule has 0 atom stereocenters. The van der Waals surface area contributed by atoms with Gasteiger partial charge in [-0.3, -0.25) is 0 Å². The van der Waals surface area contributed by atoms with Crippen molar-refractivity contribution in [2.75, 3.05) is 0 Å². The molecule has 2 N–H and O–H groups in total. The number of aryl methyl sites for hydroxylation is 1. The topological polar surface area (TPSA) is 123 Å². The van der Waals surface area contributed by atoms with Gasteiger partial charge < -0.3 is 14.1 Å². The third-order valence-corrected chi connectivity index (χ3v) is 9.07. The Morgan fingerprint density at radius 2 is 2.02 bits per heavy atom. The van der Waals surface area contributed by atoms with Gasteiger partial charge in [-0.2, -0.15) is 0 Å². The Morgan fingerprint density at radius 3 is 2.74 bits per heavy atom. The molecule has 43 heavy (non-hydrogen) atoms. The minimum absolute atomic E-state index is 0.255. The number of aromatic nitrogens is 6. The molecule has 4 heterocycles. The zero-order valence-corrected chi connectivity index (χ0v) is 26.2. The Bertz CT molecular complexity index is 1930. The Labute approximate surface area is 264 Å². The van der Waals surface area contributed by atoms with Crippen molar-refractivity contribution >= 4 is 61.9 Å². The molecule has 0 saturated carbocycles. The number of benzene rings is 2. The maximum atomic E-state index is 12.2. The number of hydrogen-bond acceptors (Lipinski definition) is 7. The number of halogens is 2. The Balaban J connectivity index is 1.40. The van der Waals surface area contributed by atoms with Gasteiger partial charge in [-0.1, -0.05) is 61.3 Å². The summed E-state index contributed by atoms with van der Waals surface area (Å²) in [4.78, 5) is 17.9. The first-order chi connectivity index (χ1) is 20.9. The van der Waals surface area contributed by atoms with E-state index in [4.69, 9.17) is 16.0 Å². The Kier molecular flexibility index (Phi) is 8.55. The van der Waals surface area contributed by atoms with E-state index in [-0.39, 0.29) is 5.57 Å². The number of carbonyl (C=O) groups is 1. The number of hydrogen-bond donors (Lipinski definition) is 2. The van der Waals surface area contributed by atoms with Gasteiger partial charge in [0.05, 0.1) is 10.2 Å².